The van der Waals surface area contributed by atoms with Gasteiger partial charge in [0.1, 0.15) is 0 Å². The molecule has 3 unspecified atom stereocenters. The lowest BCUT2D eigenvalue weighted by atomic mass is 9.94. The highest BCUT2D eigenvalue weighted by Gasteiger charge is 2.31. The Labute approximate surface area is 122 Å². The van der Waals surface area contributed by atoms with E-state index in [1.807, 2.05) is 18.7 Å². The lowest BCUT2D eigenvalue weighted by Gasteiger charge is -2.34. The van der Waals surface area contributed by atoms with Crippen LogP contribution in [-0.2, 0) is 9.59 Å². The van der Waals surface area contributed by atoms with Crippen molar-refractivity contribution in [2.75, 3.05) is 19.6 Å². The molecule has 1 saturated heterocycles. The Hall–Kier alpha value is -1.10. The minimum absolute atomic E-state index is 0.0650. The van der Waals surface area contributed by atoms with E-state index in [0.717, 1.165) is 38.8 Å². The highest BCUT2D eigenvalue weighted by Crippen LogP contribution is 2.19. The van der Waals surface area contributed by atoms with Crippen LogP contribution in [0.2, 0.25) is 0 Å². The number of unbranched alkanes of at least 4 members (excludes halogenated alkanes) is 1. The fourth-order valence-corrected chi connectivity index (χ4v) is 2.44. The number of hydrogen-bond donors (Lipinski definition) is 2. The molecule has 3 atom stereocenters. The highest BCUT2D eigenvalue weighted by molar-refractivity contribution is 5.82. The molecule has 0 saturated carbocycles. The van der Waals surface area contributed by atoms with Gasteiger partial charge < -0.3 is 16.0 Å². The first kappa shape index (κ1) is 17.0. The van der Waals surface area contributed by atoms with E-state index in [9.17, 15) is 9.59 Å². The molecule has 20 heavy (non-hydrogen) atoms. The predicted octanol–water partition coefficient (Wildman–Crippen LogP) is 1.12. The number of carbonyl (C=O) groups excluding carboxylic acids is 2. The lowest BCUT2D eigenvalue weighted by Crippen LogP contribution is -2.49. The Morgan fingerprint density at radius 3 is 2.70 bits per heavy atom. The number of nitrogens with one attached hydrogen (secondary N) is 1. The summed E-state index contributed by atoms with van der Waals surface area (Å²) in [7, 11) is 0. The molecule has 0 aromatic carbocycles. The summed E-state index contributed by atoms with van der Waals surface area (Å²) >= 11 is 0. The topological polar surface area (TPSA) is 75.4 Å². The van der Waals surface area contributed by atoms with Gasteiger partial charge in [0.25, 0.3) is 0 Å². The normalized spacial score (nSPS) is 22.2. The zero-order valence-corrected chi connectivity index (χ0v) is 13.0. The van der Waals surface area contributed by atoms with Crippen LogP contribution in [0.1, 0.15) is 46.5 Å². The van der Waals surface area contributed by atoms with Crippen molar-refractivity contribution in [3.8, 4) is 0 Å². The Morgan fingerprint density at radius 2 is 2.10 bits per heavy atom. The molecule has 1 aliphatic rings. The molecule has 0 aromatic rings. The van der Waals surface area contributed by atoms with Crippen molar-refractivity contribution >= 4 is 11.8 Å². The van der Waals surface area contributed by atoms with Crippen LogP contribution in [0.3, 0.4) is 0 Å². The standard InChI is InChI=1S/C15H29N3O2/c1-4-5-8-17-14(19)13-7-6-9-18(10-13)15(20)11(2)12(3)16/h11-13H,4-10,16H2,1-3H3,(H,17,19). The molecule has 1 aliphatic heterocycles. The highest BCUT2D eigenvalue weighted by atomic mass is 16.2. The molecule has 116 valence electrons. The fraction of sp³-hybridized carbons (Fsp3) is 0.867. The van der Waals surface area contributed by atoms with E-state index in [1.165, 1.54) is 0 Å². The Bertz CT molecular complexity index is 331. The van der Waals surface area contributed by atoms with Crippen molar-refractivity contribution < 1.29 is 9.59 Å². The third-order valence-corrected chi connectivity index (χ3v) is 4.11. The van der Waals surface area contributed by atoms with Crippen LogP contribution in [0.25, 0.3) is 0 Å². The maximum Gasteiger partial charge on any atom is 0.226 e. The second kappa shape index (κ2) is 8.25. The first-order valence-corrected chi connectivity index (χ1v) is 7.79. The van der Waals surface area contributed by atoms with Crippen LogP contribution < -0.4 is 11.1 Å². The summed E-state index contributed by atoms with van der Waals surface area (Å²) in [6.45, 7) is 7.82. The van der Waals surface area contributed by atoms with Gasteiger partial charge in [-0.3, -0.25) is 9.59 Å². The minimum atomic E-state index is -0.183. The third-order valence-electron chi connectivity index (χ3n) is 4.11. The zero-order chi connectivity index (χ0) is 15.1. The van der Waals surface area contributed by atoms with E-state index in [4.69, 9.17) is 5.73 Å². The molecule has 0 bridgehead atoms. The van der Waals surface area contributed by atoms with Gasteiger partial charge in [-0.05, 0) is 26.2 Å². The van der Waals surface area contributed by atoms with Crippen LogP contribution >= 0.6 is 0 Å². The second-order valence-corrected chi connectivity index (χ2v) is 5.92. The van der Waals surface area contributed by atoms with Gasteiger partial charge in [-0.25, -0.2) is 0 Å². The molecule has 0 radical (unpaired) electrons. The molecular formula is C15H29N3O2. The Morgan fingerprint density at radius 1 is 1.40 bits per heavy atom. The summed E-state index contributed by atoms with van der Waals surface area (Å²) in [6, 6.07) is -0.152. The lowest BCUT2D eigenvalue weighted by molar-refractivity contribution is -0.139. The number of piperidine rings is 1. The average Bonchev–Trinajstić information content (AvgIpc) is 2.45. The maximum absolute atomic E-state index is 12.3. The Balaban J connectivity index is 2.49. The fourth-order valence-electron chi connectivity index (χ4n) is 2.44. The second-order valence-electron chi connectivity index (χ2n) is 5.92. The number of rotatable bonds is 6. The number of hydrogen-bond acceptors (Lipinski definition) is 3. The van der Waals surface area contributed by atoms with E-state index in [-0.39, 0.29) is 29.7 Å². The Kier molecular flexibility index (Phi) is 6.99. The summed E-state index contributed by atoms with van der Waals surface area (Å²) in [5.41, 5.74) is 5.79. The van der Waals surface area contributed by atoms with Gasteiger partial charge in [-0.15, -0.1) is 0 Å². The summed E-state index contributed by atoms with van der Waals surface area (Å²) < 4.78 is 0. The molecule has 0 spiro atoms. The van der Waals surface area contributed by atoms with Gasteiger partial charge >= 0.3 is 0 Å². The van der Waals surface area contributed by atoms with Gasteiger partial charge in [0, 0.05) is 25.7 Å². The summed E-state index contributed by atoms with van der Waals surface area (Å²) in [6.07, 6.45) is 3.84. The van der Waals surface area contributed by atoms with Gasteiger partial charge in [-0.2, -0.15) is 0 Å². The van der Waals surface area contributed by atoms with E-state index >= 15 is 0 Å². The van der Waals surface area contributed by atoms with Crippen molar-refractivity contribution in [1.29, 1.82) is 0 Å². The molecule has 1 fully saturated rings. The first-order valence-electron chi connectivity index (χ1n) is 7.79. The zero-order valence-electron chi connectivity index (χ0n) is 13.0. The molecule has 1 heterocycles. The molecule has 1 rings (SSSR count). The quantitative estimate of drug-likeness (QED) is 0.717. The van der Waals surface area contributed by atoms with Crippen LogP contribution in [-0.4, -0.2) is 42.4 Å². The number of nitrogens with two attached hydrogens (primary N) is 1. The molecule has 5 nitrogen and oxygen atoms in total. The summed E-state index contributed by atoms with van der Waals surface area (Å²) in [5, 5.41) is 2.96. The van der Waals surface area contributed by atoms with Crippen LogP contribution in [0.4, 0.5) is 0 Å². The van der Waals surface area contributed by atoms with Crippen LogP contribution in [0.5, 0.6) is 0 Å². The predicted molar refractivity (Wildman–Crippen MR) is 80.0 cm³/mol. The smallest absolute Gasteiger partial charge is 0.226 e. The van der Waals surface area contributed by atoms with Crippen molar-refractivity contribution in [1.82, 2.24) is 10.2 Å². The van der Waals surface area contributed by atoms with E-state index in [1.54, 1.807) is 0 Å². The minimum Gasteiger partial charge on any atom is -0.356 e. The van der Waals surface area contributed by atoms with E-state index in [2.05, 4.69) is 12.2 Å². The van der Waals surface area contributed by atoms with Gasteiger partial charge in [0.15, 0.2) is 0 Å². The first-order chi connectivity index (χ1) is 9.47. The monoisotopic (exact) mass is 283 g/mol. The van der Waals surface area contributed by atoms with Gasteiger partial charge in [-0.1, -0.05) is 20.3 Å². The van der Waals surface area contributed by atoms with Crippen LogP contribution in [0, 0.1) is 11.8 Å². The van der Waals surface area contributed by atoms with Gasteiger partial charge in [0.2, 0.25) is 11.8 Å². The molecule has 5 heteroatoms. The largest absolute Gasteiger partial charge is 0.356 e. The molecule has 2 amide bonds. The summed E-state index contributed by atoms with van der Waals surface area (Å²) in [5.74, 6) is -0.0859. The SMILES string of the molecule is CCCCNC(=O)C1CCCN(C(=O)C(C)C(C)N)C1. The number of nitrogens with zero attached hydrogens (tertiary/aromatic N) is 1. The molecule has 0 aromatic heterocycles. The molecule has 0 aliphatic carbocycles. The van der Waals surface area contributed by atoms with E-state index in [0.29, 0.717) is 6.54 Å². The number of amides is 2. The third kappa shape index (κ3) is 4.78. The summed E-state index contributed by atoms with van der Waals surface area (Å²) in [4.78, 5) is 26.2. The number of likely N-dealkylation sites (tertiary alicyclic amines) is 1. The van der Waals surface area contributed by atoms with Gasteiger partial charge in [0.05, 0.1) is 11.8 Å². The van der Waals surface area contributed by atoms with Crippen LogP contribution in [0.15, 0.2) is 0 Å². The van der Waals surface area contributed by atoms with Crippen molar-refractivity contribution in [3.63, 3.8) is 0 Å². The van der Waals surface area contributed by atoms with E-state index < -0.39 is 0 Å². The van der Waals surface area contributed by atoms with Crippen molar-refractivity contribution in [2.24, 2.45) is 17.6 Å². The van der Waals surface area contributed by atoms with Crippen molar-refractivity contribution in [3.05, 3.63) is 0 Å². The van der Waals surface area contributed by atoms with Crippen molar-refractivity contribution in [2.45, 2.75) is 52.5 Å². The average molecular weight is 283 g/mol. The molecular weight excluding hydrogens is 254 g/mol. The number of carbonyl (C=O) groups is 2. The molecule has 3 N–H and O–H groups in total. The maximum atomic E-state index is 12.3.